The molecule has 0 rings (SSSR count). The molecule has 0 aliphatic carbocycles. The van der Waals surface area contributed by atoms with Crippen LogP contribution in [0.4, 0.5) is 0 Å². The van der Waals surface area contributed by atoms with Gasteiger partial charge in [-0.1, -0.05) is 43.6 Å². The highest BCUT2D eigenvalue weighted by Gasteiger charge is 1.87. The van der Waals surface area contributed by atoms with Crippen molar-refractivity contribution >= 4 is 0 Å². The summed E-state index contributed by atoms with van der Waals surface area (Å²) in [6.45, 7) is 2.38. The molecular weight excluding hydrogens is 160 g/mol. The summed E-state index contributed by atoms with van der Waals surface area (Å²) in [4.78, 5) is 0. The predicted octanol–water partition coefficient (Wildman–Crippen LogP) is 3.45. The van der Waals surface area contributed by atoms with Crippen LogP contribution in [0, 0.1) is 0 Å². The first-order chi connectivity index (χ1) is 6.41. The lowest BCUT2D eigenvalue weighted by molar-refractivity contribution is 0.282. The minimum atomic E-state index is 0.348. The summed E-state index contributed by atoms with van der Waals surface area (Å²) in [5.74, 6) is 0. The van der Waals surface area contributed by atoms with E-state index in [0.29, 0.717) is 6.61 Å². The Kier molecular flexibility index (Phi) is 10.9. The van der Waals surface area contributed by atoms with Crippen molar-refractivity contribution in [2.24, 2.45) is 0 Å². The van der Waals surface area contributed by atoms with Gasteiger partial charge in [-0.3, -0.25) is 0 Å². The Morgan fingerprint density at radius 1 is 0.923 bits per heavy atom. The van der Waals surface area contributed by atoms with Gasteiger partial charge < -0.3 is 5.11 Å². The van der Waals surface area contributed by atoms with E-state index >= 15 is 0 Å². The van der Waals surface area contributed by atoms with Gasteiger partial charge in [0.05, 0.1) is 0 Å². The smallest absolute Gasteiger partial charge is 0.0431 e. The molecule has 76 valence electrons. The lowest BCUT2D eigenvalue weighted by Crippen LogP contribution is -1.82. The summed E-state index contributed by atoms with van der Waals surface area (Å²) in [6, 6.07) is 0. The Labute approximate surface area is 82.2 Å². The minimum absolute atomic E-state index is 0.348. The molecule has 0 atom stereocenters. The molecule has 1 heteroatoms. The van der Waals surface area contributed by atoms with Crippen LogP contribution in [-0.2, 0) is 0 Å². The fourth-order valence-corrected chi connectivity index (χ4v) is 1.19. The highest BCUT2D eigenvalue weighted by atomic mass is 16.2. The summed E-state index contributed by atoms with van der Waals surface area (Å²) in [5.41, 5.74) is 0. The summed E-state index contributed by atoms with van der Waals surface area (Å²) in [5, 5.41) is 8.55. The number of aliphatic hydroxyl groups excluding tert-OH is 1. The van der Waals surface area contributed by atoms with Crippen molar-refractivity contribution in [2.75, 3.05) is 6.61 Å². The number of rotatable bonds is 8. The van der Waals surface area contributed by atoms with Crippen molar-refractivity contribution in [3.63, 3.8) is 0 Å². The van der Waals surface area contributed by atoms with Crippen molar-refractivity contribution in [3.05, 3.63) is 24.3 Å². The van der Waals surface area contributed by atoms with Crippen LogP contribution in [0.15, 0.2) is 24.3 Å². The molecule has 1 N–H and O–H groups in total. The summed E-state index contributed by atoms with van der Waals surface area (Å²) in [7, 11) is 0. The molecule has 0 amide bonds. The first kappa shape index (κ1) is 12.4. The van der Waals surface area contributed by atoms with Crippen molar-refractivity contribution < 1.29 is 5.11 Å². The molecule has 0 aromatic carbocycles. The van der Waals surface area contributed by atoms with Gasteiger partial charge in [-0.25, -0.2) is 0 Å². The van der Waals surface area contributed by atoms with Crippen LogP contribution in [0.25, 0.3) is 0 Å². The first-order valence-corrected chi connectivity index (χ1v) is 5.30. The van der Waals surface area contributed by atoms with E-state index in [-0.39, 0.29) is 0 Å². The van der Waals surface area contributed by atoms with Crippen LogP contribution in [0.3, 0.4) is 0 Å². The average molecular weight is 182 g/mol. The van der Waals surface area contributed by atoms with Gasteiger partial charge >= 0.3 is 0 Å². The zero-order valence-electron chi connectivity index (χ0n) is 8.71. The molecule has 0 aliphatic heterocycles. The van der Waals surface area contributed by atoms with Gasteiger partial charge in [0.15, 0.2) is 0 Å². The lowest BCUT2D eigenvalue weighted by Gasteiger charge is -1.96. The van der Waals surface area contributed by atoms with E-state index in [1.54, 1.807) is 0 Å². The Balaban J connectivity index is 2.99. The van der Waals surface area contributed by atoms with Crippen molar-refractivity contribution in [3.8, 4) is 0 Å². The van der Waals surface area contributed by atoms with Gasteiger partial charge in [0, 0.05) is 6.61 Å². The number of allylic oxidation sites excluding steroid dienone is 4. The van der Waals surface area contributed by atoms with Crippen molar-refractivity contribution in [1.29, 1.82) is 0 Å². The van der Waals surface area contributed by atoms with Crippen LogP contribution in [-0.4, -0.2) is 11.7 Å². The number of aliphatic hydroxyl groups is 1. The second-order valence-corrected chi connectivity index (χ2v) is 3.23. The fraction of sp³-hybridized carbons (Fsp3) is 0.667. The van der Waals surface area contributed by atoms with E-state index in [1.165, 1.54) is 32.1 Å². The van der Waals surface area contributed by atoms with Crippen LogP contribution < -0.4 is 0 Å². The molecule has 0 aromatic heterocycles. The van der Waals surface area contributed by atoms with Gasteiger partial charge in [-0.15, -0.1) is 0 Å². The summed E-state index contributed by atoms with van der Waals surface area (Å²) in [6.07, 6.45) is 15.6. The molecule has 0 fully saturated rings. The maximum absolute atomic E-state index is 8.55. The quantitative estimate of drug-likeness (QED) is 0.450. The Hall–Kier alpha value is -0.560. The molecule has 0 radical (unpaired) electrons. The number of unbranched alkanes of at least 4 members (excludes halogenated alkanes) is 5. The Morgan fingerprint density at radius 2 is 1.62 bits per heavy atom. The van der Waals surface area contributed by atoms with Gasteiger partial charge in [0.25, 0.3) is 0 Å². The van der Waals surface area contributed by atoms with E-state index < -0.39 is 0 Å². The Morgan fingerprint density at radius 3 is 2.31 bits per heavy atom. The van der Waals surface area contributed by atoms with E-state index in [4.69, 9.17) is 5.11 Å². The standard InChI is InChI=1S/C12H22O/c1-2-3-4-5-6-7-8-9-10-11-12-13/h2-5,13H,6-12H2,1H3/b3-2+,5-4-. The third kappa shape index (κ3) is 11.4. The molecule has 0 spiro atoms. The SMILES string of the molecule is C/C=C/C=C\CCCCCCCO. The van der Waals surface area contributed by atoms with E-state index in [1.807, 2.05) is 13.0 Å². The third-order valence-electron chi connectivity index (χ3n) is 1.97. The van der Waals surface area contributed by atoms with Gasteiger partial charge in [0.1, 0.15) is 0 Å². The number of hydrogen-bond donors (Lipinski definition) is 1. The number of hydrogen-bond acceptors (Lipinski definition) is 1. The van der Waals surface area contributed by atoms with Gasteiger partial charge in [-0.05, 0) is 26.2 Å². The fourth-order valence-electron chi connectivity index (χ4n) is 1.19. The highest BCUT2D eigenvalue weighted by Crippen LogP contribution is 2.05. The van der Waals surface area contributed by atoms with Gasteiger partial charge in [0.2, 0.25) is 0 Å². The summed E-state index contributed by atoms with van der Waals surface area (Å²) < 4.78 is 0. The Bertz CT molecular complexity index is 136. The molecule has 13 heavy (non-hydrogen) atoms. The third-order valence-corrected chi connectivity index (χ3v) is 1.97. The van der Waals surface area contributed by atoms with Crippen LogP contribution >= 0.6 is 0 Å². The molecule has 0 bridgehead atoms. The molecule has 0 aromatic rings. The lowest BCUT2D eigenvalue weighted by atomic mass is 10.1. The van der Waals surface area contributed by atoms with E-state index in [2.05, 4.69) is 18.2 Å². The predicted molar refractivity (Wildman–Crippen MR) is 58.7 cm³/mol. The molecule has 0 aliphatic rings. The molecule has 1 nitrogen and oxygen atoms in total. The molecule has 0 heterocycles. The van der Waals surface area contributed by atoms with Crippen LogP contribution in [0.2, 0.25) is 0 Å². The molecular formula is C12H22O. The van der Waals surface area contributed by atoms with Gasteiger partial charge in [-0.2, -0.15) is 0 Å². The zero-order chi connectivity index (χ0) is 9.78. The monoisotopic (exact) mass is 182 g/mol. The van der Waals surface area contributed by atoms with E-state index in [0.717, 1.165) is 6.42 Å². The normalized spacial score (nSPS) is 11.8. The van der Waals surface area contributed by atoms with Crippen molar-refractivity contribution in [2.45, 2.75) is 45.4 Å². The van der Waals surface area contributed by atoms with Crippen LogP contribution in [0.5, 0.6) is 0 Å². The minimum Gasteiger partial charge on any atom is -0.396 e. The second kappa shape index (κ2) is 11.4. The maximum atomic E-state index is 8.55. The highest BCUT2D eigenvalue weighted by molar-refractivity contribution is 5.00. The largest absolute Gasteiger partial charge is 0.396 e. The van der Waals surface area contributed by atoms with Crippen molar-refractivity contribution in [1.82, 2.24) is 0 Å². The summed E-state index contributed by atoms with van der Waals surface area (Å²) >= 11 is 0. The molecule has 0 unspecified atom stereocenters. The zero-order valence-corrected chi connectivity index (χ0v) is 8.71. The average Bonchev–Trinajstić information content (AvgIpc) is 2.16. The molecule has 0 saturated carbocycles. The second-order valence-electron chi connectivity index (χ2n) is 3.23. The van der Waals surface area contributed by atoms with E-state index in [9.17, 15) is 0 Å². The molecule has 0 saturated heterocycles. The first-order valence-electron chi connectivity index (χ1n) is 5.30. The van der Waals surface area contributed by atoms with Crippen LogP contribution in [0.1, 0.15) is 45.4 Å². The maximum Gasteiger partial charge on any atom is 0.0431 e. The topological polar surface area (TPSA) is 20.2 Å².